The Bertz CT molecular complexity index is 803. The summed E-state index contributed by atoms with van der Waals surface area (Å²) in [7, 11) is 3.33. The summed E-state index contributed by atoms with van der Waals surface area (Å²) in [6.07, 6.45) is -0.878. The molecule has 0 aliphatic carbocycles. The number of fused-ring (bicyclic) bond motifs is 1. The van der Waals surface area contributed by atoms with Gasteiger partial charge < -0.3 is 10.0 Å². The maximum absolute atomic E-state index is 13.5. The van der Waals surface area contributed by atoms with Gasteiger partial charge in [0.05, 0.1) is 24.4 Å². The summed E-state index contributed by atoms with van der Waals surface area (Å²) < 4.78 is 15.4. The Morgan fingerprint density at radius 3 is 2.85 bits per heavy atom. The van der Waals surface area contributed by atoms with E-state index in [1.807, 2.05) is 17.7 Å². The highest BCUT2D eigenvalue weighted by Crippen LogP contribution is 2.22. The molecule has 7 heteroatoms. The lowest BCUT2D eigenvalue weighted by Gasteiger charge is -2.28. The summed E-state index contributed by atoms with van der Waals surface area (Å²) in [6.45, 7) is 4.84. The second-order valence-electron chi connectivity index (χ2n) is 7.07. The van der Waals surface area contributed by atoms with Gasteiger partial charge in [0.1, 0.15) is 11.9 Å². The number of halogens is 1. The first kappa shape index (κ1) is 18.5. The van der Waals surface area contributed by atoms with Gasteiger partial charge in [-0.25, -0.2) is 4.39 Å². The summed E-state index contributed by atoms with van der Waals surface area (Å²) in [5.74, 6) is -0.352. The van der Waals surface area contributed by atoms with Crippen molar-refractivity contribution in [2.45, 2.75) is 39.1 Å². The summed E-state index contributed by atoms with van der Waals surface area (Å²) in [5, 5.41) is 14.7. The number of nitrogens with zero attached hydrogens (tertiary/aromatic N) is 4. The Morgan fingerprint density at radius 1 is 1.35 bits per heavy atom. The van der Waals surface area contributed by atoms with Crippen molar-refractivity contribution < 1.29 is 14.3 Å². The van der Waals surface area contributed by atoms with Crippen molar-refractivity contribution in [3.63, 3.8) is 0 Å². The average molecular weight is 360 g/mol. The molecule has 1 aliphatic heterocycles. The van der Waals surface area contributed by atoms with Crippen LogP contribution in [0.3, 0.4) is 0 Å². The number of benzene rings is 1. The number of aromatic nitrogens is 2. The fraction of sp³-hybridized carbons (Fsp3) is 0.474. The Morgan fingerprint density at radius 2 is 2.12 bits per heavy atom. The van der Waals surface area contributed by atoms with Crippen molar-refractivity contribution in [2.75, 3.05) is 20.6 Å². The van der Waals surface area contributed by atoms with Gasteiger partial charge in [-0.15, -0.1) is 0 Å². The van der Waals surface area contributed by atoms with Crippen LogP contribution in [0.5, 0.6) is 0 Å². The van der Waals surface area contributed by atoms with E-state index in [-0.39, 0.29) is 18.1 Å². The van der Waals surface area contributed by atoms with E-state index in [0.717, 1.165) is 23.4 Å². The molecule has 0 bridgehead atoms. The lowest BCUT2D eigenvalue weighted by atomic mass is 10.1. The standard InChI is InChI=1S/C19H25FN4O2/c1-13-4-5-15(20)8-14(13)11-23-6-7-24-16(12-23)9-17(21-24)18(25)10-19(26)22(2)3/h4-5,8-9,18,25H,6-7,10-12H2,1-3H3/t18-/m1/s1. The molecule has 1 aliphatic rings. The number of carbonyl (C=O) groups excluding carboxylic acids is 1. The van der Waals surface area contributed by atoms with Gasteiger partial charge in [-0.3, -0.25) is 14.4 Å². The molecule has 0 fully saturated rings. The van der Waals surface area contributed by atoms with E-state index in [9.17, 15) is 14.3 Å². The van der Waals surface area contributed by atoms with E-state index in [2.05, 4.69) is 10.00 Å². The van der Waals surface area contributed by atoms with Gasteiger partial charge in [0, 0.05) is 33.7 Å². The molecule has 1 amide bonds. The third-order valence-corrected chi connectivity index (χ3v) is 4.81. The third-order valence-electron chi connectivity index (χ3n) is 4.81. The van der Waals surface area contributed by atoms with Crippen molar-refractivity contribution >= 4 is 5.91 Å². The van der Waals surface area contributed by atoms with Gasteiger partial charge in [-0.2, -0.15) is 5.10 Å². The van der Waals surface area contributed by atoms with Gasteiger partial charge in [0.25, 0.3) is 0 Å². The Balaban J connectivity index is 1.68. The molecular formula is C19H25FN4O2. The van der Waals surface area contributed by atoms with Crippen LogP contribution in [-0.2, 0) is 24.4 Å². The molecule has 0 unspecified atom stereocenters. The van der Waals surface area contributed by atoms with Gasteiger partial charge in [-0.1, -0.05) is 6.07 Å². The predicted octanol–water partition coefficient (Wildman–Crippen LogP) is 1.86. The molecule has 1 aromatic carbocycles. The van der Waals surface area contributed by atoms with Crippen molar-refractivity contribution in [1.29, 1.82) is 0 Å². The van der Waals surface area contributed by atoms with Gasteiger partial charge in [0.15, 0.2) is 0 Å². The van der Waals surface area contributed by atoms with Crippen LogP contribution in [0, 0.1) is 12.7 Å². The molecule has 1 atom stereocenters. The quantitative estimate of drug-likeness (QED) is 0.884. The van der Waals surface area contributed by atoms with E-state index < -0.39 is 6.10 Å². The SMILES string of the molecule is Cc1ccc(F)cc1CN1CCn2nc([C@H](O)CC(=O)N(C)C)cc2C1. The van der Waals surface area contributed by atoms with Crippen LogP contribution in [0.2, 0.25) is 0 Å². The molecule has 0 radical (unpaired) electrons. The minimum absolute atomic E-state index is 0.0235. The molecule has 0 spiro atoms. The van der Waals surface area contributed by atoms with Crippen molar-refractivity contribution in [1.82, 2.24) is 19.6 Å². The van der Waals surface area contributed by atoms with E-state index in [4.69, 9.17) is 0 Å². The van der Waals surface area contributed by atoms with Crippen LogP contribution in [0.1, 0.15) is 35.0 Å². The average Bonchev–Trinajstić information content (AvgIpc) is 3.01. The fourth-order valence-electron chi connectivity index (χ4n) is 3.14. The Labute approximate surface area is 152 Å². The molecule has 3 rings (SSSR count). The smallest absolute Gasteiger partial charge is 0.225 e. The second kappa shape index (κ2) is 7.55. The number of aliphatic hydroxyl groups is 1. The maximum Gasteiger partial charge on any atom is 0.225 e. The van der Waals surface area contributed by atoms with Crippen LogP contribution in [0.15, 0.2) is 24.3 Å². The number of carbonyl (C=O) groups is 1. The number of hydrogen-bond donors (Lipinski definition) is 1. The zero-order chi connectivity index (χ0) is 18.8. The molecule has 0 saturated heterocycles. The molecular weight excluding hydrogens is 335 g/mol. The molecule has 1 N–H and O–H groups in total. The first-order valence-electron chi connectivity index (χ1n) is 8.75. The van der Waals surface area contributed by atoms with Crippen LogP contribution in [0.4, 0.5) is 4.39 Å². The lowest BCUT2D eigenvalue weighted by molar-refractivity contribution is -0.130. The zero-order valence-electron chi connectivity index (χ0n) is 15.4. The molecule has 26 heavy (non-hydrogen) atoms. The number of aliphatic hydroxyl groups excluding tert-OH is 1. The summed E-state index contributed by atoms with van der Waals surface area (Å²) in [4.78, 5) is 15.5. The minimum atomic E-state index is -0.901. The predicted molar refractivity (Wildman–Crippen MR) is 95.7 cm³/mol. The zero-order valence-corrected chi connectivity index (χ0v) is 15.4. The topological polar surface area (TPSA) is 61.6 Å². The summed E-state index contributed by atoms with van der Waals surface area (Å²) in [6, 6.07) is 6.73. The normalized spacial score (nSPS) is 15.6. The van der Waals surface area contributed by atoms with Gasteiger partial charge in [0.2, 0.25) is 5.91 Å². The number of amides is 1. The first-order chi connectivity index (χ1) is 12.3. The Kier molecular flexibility index (Phi) is 5.38. The largest absolute Gasteiger partial charge is 0.386 e. The van der Waals surface area contributed by atoms with E-state index >= 15 is 0 Å². The lowest BCUT2D eigenvalue weighted by Crippen LogP contribution is -2.33. The number of hydrogen-bond acceptors (Lipinski definition) is 4. The first-order valence-corrected chi connectivity index (χ1v) is 8.75. The number of rotatable bonds is 5. The Hall–Kier alpha value is -2.25. The molecule has 2 heterocycles. The van der Waals surface area contributed by atoms with E-state index in [1.165, 1.54) is 11.0 Å². The maximum atomic E-state index is 13.5. The molecule has 2 aromatic rings. The fourth-order valence-corrected chi connectivity index (χ4v) is 3.14. The monoisotopic (exact) mass is 360 g/mol. The highest BCUT2D eigenvalue weighted by Gasteiger charge is 2.23. The molecule has 0 saturated carbocycles. The minimum Gasteiger partial charge on any atom is -0.386 e. The molecule has 140 valence electrons. The second-order valence-corrected chi connectivity index (χ2v) is 7.07. The van der Waals surface area contributed by atoms with Crippen molar-refractivity contribution in [3.8, 4) is 0 Å². The van der Waals surface area contributed by atoms with E-state index in [1.54, 1.807) is 26.2 Å². The van der Waals surface area contributed by atoms with E-state index in [0.29, 0.717) is 25.3 Å². The molecule has 1 aromatic heterocycles. The van der Waals surface area contributed by atoms with Crippen molar-refractivity contribution in [2.24, 2.45) is 0 Å². The van der Waals surface area contributed by atoms with Crippen LogP contribution in [-0.4, -0.2) is 51.2 Å². The van der Waals surface area contributed by atoms with Crippen LogP contribution in [0.25, 0.3) is 0 Å². The van der Waals surface area contributed by atoms with Crippen molar-refractivity contribution in [3.05, 3.63) is 52.6 Å². The highest BCUT2D eigenvalue weighted by molar-refractivity contribution is 5.76. The summed E-state index contributed by atoms with van der Waals surface area (Å²) >= 11 is 0. The highest BCUT2D eigenvalue weighted by atomic mass is 19.1. The van der Waals surface area contributed by atoms with Crippen LogP contribution >= 0.6 is 0 Å². The molecule has 6 nitrogen and oxygen atoms in total. The van der Waals surface area contributed by atoms with Gasteiger partial charge in [-0.05, 0) is 36.2 Å². The number of aryl methyl sites for hydroxylation is 1. The summed E-state index contributed by atoms with van der Waals surface area (Å²) in [5.41, 5.74) is 3.58. The van der Waals surface area contributed by atoms with Crippen LogP contribution < -0.4 is 0 Å². The third kappa shape index (κ3) is 4.11. The van der Waals surface area contributed by atoms with Gasteiger partial charge >= 0.3 is 0 Å².